The third-order valence-electron chi connectivity index (χ3n) is 5.10. The van der Waals surface area contributed by atoms with Gasteiger partial charge in [-0.15, -0.1) is 12.4 Å². The average molecular weight is 366 g/mol. The van der Waals surface area contributed by atoms with E-state index in [2.05, 4.69) is 15.4 Å². The summed E-state index contributed by atoms with van der Waals surface area (Å²) < 4.78 is 15.3. The lowest BCUT2D eigenvalue weighted by Gasteiger charge is -2.28. The number of amides is 1. The summed E-state index contributed by atoms with van der Waals surface area (Å²) in [7, 11) is 0. The van der Waals surface area contributed by atoms with Crippen LogP contribution in [0.1, 0.15) is 18.0 Å². The molecule has 0 unspecified atom stereocenters. The van der Waals surface area contributed by atoms with Crippen molar-refractivity contribution >= 4 is 18.3 Å². The Hall–Kier alpha value is -1.99. The van der Waals surface area contributed by atoms with Gasteiger partial charge in [-0.2, -0.15) is 5.10 Å². The molecule has 2 aromatic rings. The number of aryl methyl sites for hydroxylation is 1. The average Bonchev–Trinajstić information content (AvgIpc) is 3.29. The fourth-order valence-electron chi connectivity index (χ4n) is 4.00. The van der Waals surface area contributed by atoms with E-state index < -0.39 is 0 Å². The van der Waals surface area contributed by atoms with E-state index in [1.54, 1.807) is 23.1 Å². The summed E-state index contributed by atoms with van der Waals surface area (Å²) in [5, 5.41) is 7.43. The molecule has 2 saturated heterocycles. The Morgan fingerprint density at radius 1 is 1.36 bits per heavy atom. The highest BCUT2D eigenvalue weighted by atomic mass is 35.5. The number of nitrogens with one attached hydrogen (secondary N) is 1. The molecule has 3 heterocycles. The molecule has 1 aromatic carbocycles. The van der Waals surface area contributed by atoms with Crippen molar-refractivity contribution in [3.05, 3.63) is 48.3 Å². The zero-order valence-corrected chi connectivity index (χ0v) is 14.5. The number of hydrogen-bond donors (Lipinski definition) is 1. The first-order valence-electron chi connectivity index (χ1n) is 8.30. The second kappa shape index (κ2) is 7.49. The maximum absolute atomic E-state index is 13.7. The van der Waals surface area contributed by atoms with Crippen molar-refractivity contribution in [3.8, 4) is 0 Å². The molecular weight excluding hydrogens is 345 g/mol. The number of halogens is 2. The smallest absolute Gasteiger partial charge is 0.224 e. The summed E-state index contributed by atoms with van der Waals surface area (Å²) in [6, 6.07) is 6.59. The second-order valence-electron chi connectivity index (χ2n) is 6.54. The monoisotopic (exact) mass is 365 g/mol. The molecule has 0 saturated carbocycles. The number of carbonyl (C=O) groups is 1. The topological polar surface area (TPSA) is 63.1 Å². The van der Waals surface area contributed by atoms with Gasteiger partial charge in [0, 0.05) is 32.0 Å². The molecule has 1 aromatic heterocycles. The first kappa shape index (κ1) is 17.8. The van der Waals surface area contributed by atoms with Crippen LogP contribution < -0.4 is 5.32 Å². The van der Waals surface area contributed by atoms with Crippen LogP contribution in [0.25, 0.3) is 0 Å². The molecule has 0 radical (unpaired) electrons. The Labute approximate surface area is 151 Å². The van der Waals surface area contributed by atoms with Crippen LogP contribution in [0.3, 0.4) is 0 Å². The van der Waals surface area contributed by atoms with E-state index in [9.17, 15) is 9.18 Å². The van der Waals surface area contributed by atoms with Gasteiger partial charge < -0.3 is 10.2 Å². The van der Waals surface area contributed by atoms with Crippen molar-refractivity contribution in [3.63, 3.8) is 0 Å². The molecule has 0 spiro atoms. The molecule has 0 bridgehead atoms. The molecule has 25 heavy (non-hydrogen) atoms. The largest absolute Gasteiger partial charge is 0.335 e. The molecule has 1 N–H and O–H groups in total. The molecule has 134 valence electrons. The lowest BCUT2D eigenvalue weighted by atomic mass is 9.89. The van der Waals surface area contributed by atoms with E-state index in [1.165, 1.54) is 12.4 Å². The van der Waals surface area contributed by atoms with Crippen molar-refractivity contribution in [2.75, 3.05) is 19.6 Å². The first-order chi connectivity index (χ1) is 11.7. The third kappa shape index (κ3) is 3.52. The molecule has 2 aliphatic heterocycles. The minimum atomic E-state index is -0.253. The van der Waals surface area contributed by atoms with Crippen molar-refractivity contribution < 1.29 is 9.18 Å². The number of rotatable bonds is 4. The Morgan fingerprint density at radius 2 is 2.24 bits per heavy atom. The molecular formula is C17H21ClFN5O. The van der Waals surface area contributed by atoms with Crippen molar-refractivity contribution in [2.45, 2.75) is 19.0 Å². The Bertz CT molecular complexity index is 726. The first-order valence-corrected chi connectivity index (χ1v) is 8.30. The van der Waals surface area contributed by atoms with Gasteiger partial charge in [-0.05, 0) is 23.6 Å². The fraction of sp³-hybridized carbons (Fsp3) is 0.471. The zero-order valence-electron chi connectivity index (χ0n) is 13.7. The normalized spacial score (nSPS) is 24.8. The summed E-state index contributed by atoms with van der Waals surface area (Å²) in [5.74, 6) is 0.627. The third-order valence-corrected chi connectivity index (χ3v) is 5.10. The van der Waals surface area contributed by atoms with Crippen LogP contribution in [0.15, 0.2) is 36.9 Å². The van der Waals surface area contributed by atoms with Crippen LogP contribution in [0.5, 0.6) is 0 Å². The molecule has 3 atom stereocenters. The summed E-state index contributed by atoms with van der Waals surface area (Å²) in [6.45, 7) is 3.04. The minimum absolute atomic E-state index is 0. The molecule has 2 aliphatic rings. The van der Waals surface area contributed by atoms with Crippen LogP contribution in [-0.2, 0) is 11.3 Å². The predicted molar refractivity (Wildman–Crippen MR) is 92.6 cm³/mol. The number of carbonyl (C=O) groups excluding carboxylic acids is 1. The van der Waals surface area contributed by atoms with E-state index in [-0.39, 0.29) is 30.2 Å². The highest BCUT2D eigenvalue weighted by Gasteiger charge is 2.46. The molecule has 1 amide bonds. The SMILES string of the molecule is Cl.O=C(CCn1cncn1)N1C[C@@H]2CNC[C@@H]2[C@@H]1c1cccc(F)c1. The van der Waals surface area contributed by atoms with E-state index in [0.29, 0.717) is 24.8 Å². The Balaban J connectivity index is 0.00000182. The number of aromatic nitrogens is 3. The van der Waals surface area contributed by atoms with Gasteiger partial charge in [0.25, 0.3) is 0 Å². The number of hydrogen-bond acceptors (Lipinski definition) is 4. The van der Waals surface area contributed by atoms with Gasteiger partial charge in [0.05, 0.1) is 12.6 Å². The molecule has 8 heteroatoms. The van der Waals surface area contributed by atoms with Crippen LogP contribution in [0, 0.1) is 17.7 Å². The van der Waals surface area contributed by atoms with Gasteiger partial charge in [0.15, 0.2) is 0 Å². The van der Waals surface area contributed by atoms with Gasteiger partial charge in [-0.1, -0.05) is 12.1 Å². The van der Waals surface area contributed by atoms with Gasteiger partial charge in [-0.25, -0.2) is 9.37 Å². The van der Waals surface area contributed by atoms with Crippen LogP contribution in [0.4, 0.5) is 4.39 Å². The molecule has 4 rings (SSSR count). The lowest BCUT2D eigenvalue weighted by Crippen LogP contribution is -2.35. The summed E-state index contributed by atoms with van der Waals surface area (Å²) in [4.78, 5) is 18.6. The van der Waals surface area contributed by atoms with Crippen molar-refractivity contribution in [1.29, 1.82) is 0 Å². The quantitative estimate of drug-likeness (QED) is 0.894. The fourth-order valence-corrected chi connectivity index (χ4v) is 4.00. The van der Waals surface area contributed by atoms with Crippen molar-refractivity contribution in [1.82, 2.24) is 25.0 Å². The number of fused-ring (bicyclic) bond motifs is 1. The number of nitrogens with zero attached hydrogens (tertiary/aromatic N) is 4. The van der Waals surface area contributed by atoms with Gasteiger partial charge >= 0.3 is 0 Å². The second-order valence-corrected chi connectivity index (χ2v) is 6.54. The van der Waals surface area contributed by atoms with E-state index >= 15 is 0 Å². The van der Waals surface area contributed by atoms with Gasteiger partial charge in [0.1, 0.15) is 18.5 Å². The van der Waals surface area contributed by atoms with Crippen molar-refractivity contribution in [2.24, 2.45) is 11.8 Å². The summed E-state index contributed by atoms with van der Waals surface area (Å²) in [6.07, 6.45) is 3.45. The standard InChI is InChI=1S/C17H20FN5O.ClH/c18-14-3-1-2-12(6-14)17-15-8-19-7-13(15)9-23(17)16(24)4-5-22-11-20-10-21-22;/h1-3,6,10-11,13,15,17,19H,4-5,7-9H2;1H/t13-,15-,17-;/m0./s1. The summed E-state index contributed by atoms with van der Waals surface area (Å²) >= 11 is 0. The van der Waals surface area contributed by atoms with Crippen LogP contribution >= 0.6 is 12.4 Å². The van der Waals surface area contributed by atoms with Gasteiger partial charge in [-0.3, -0.25) is 9.48 Å². The maximum atomic E-state index is 13.7. The Kier molecular flexibility index (Phi) is 5.34. The molecule has 0 aliphatic carbocycles. The maximum Gasteiger partial charge on any atom is 0.224 e. The van der Waals surface area contributed by atoms with E-state index in [0.717, 1.165) is 25.2 Å². The Morgan fingerprint density at radius 3 is 3.00 bits per heavy atom. The van der Waals surface area contributed by atoms with Gasteiger partial charge in [0.2, 0.25) is 5.91 Å². The van der Waals surface area contributed by atoms with Crippen LogP contribution in [-0.4, -0.2) is 45.2 Å². The van der Waals surface area contributed by atoms with Crippen LogP contribution in [0.2, 0.25) is 0 Å². The number of likely N-dealkylation sites (tertiary alicyclic amines) is 1. The lowest BCUT2D eigenvalue weighted by molar-refractivity contribution is -0.133. The van der Waals surface area contributed by atoms with E-state index in [1.807, 2.05) is 11.0 Å². The molecule has 6 nitrogen and oxygen atoms in total. The highest BCUT2D eigenvalue weighted by Crippen LogP contribution is 2.42. The number of benzene rings is 1. The molecule has 2 fully saturated rings. The summed E-state index contributed by atoms with van der Waals surface area (Å²) in [5.41, 5.74) is 0.889. The van der Waals surface area contributed by atoms with E-state index in [4.69, 9.17) is 0 Å². The minimum Gasteiger partial charge on any atom is -0.335 e. The highest BCUT2D eigenvalue weighted by molar-refractivity contribution is 5.85. The zero-order chi connectivity index (χ0) is 16.5. The predicted octanol–water partition coefficient (Wildman–Crippen LogP) is 1.65.